The van der Waals surface area contributed by atoms with Crippen molar-refractivity contribution in [1.29, 1.82) is 0 Å². The molecule has 1 aromatic heterocycles. The molecule has 1 atom stereocenters. The fourth-order valence-electron chi connectivity index (χ4n) is 1.83. The summed E-state index contributed by atoms with van der Waals surface area (Å²) in [6, 6.07) is 0. The monoisotopic (exact) mass is 241 g/mol. The Hall–Kier alpha value is -0.840. The molecule has 2 rings (SSSR count). The molecule has 88 valence electrons. The zero-order valence-corrected chi connectivity index (χ0v) is 10.4. The molecule has 0 saturated carbocycles. The molecule has 1 aromatic rings. The Kier molecular flexibility index (Phi) is 3.63. The zero-order valence-electron chi connectivity index (χ0n) is 9.59. The molecule has 1 fully saturated rings. The minimum absolute atomic E-state index is 0.314. The Morgan fingerprint density at radius 2 is 2.19 bits per heavy atom. The van der Waals surface area contributed by atoms with Crippen LogP contribution >= 0.6 is 11.8 Å². The highest BCUT2D eigenvalue weighted by molar-refractivity contribution is 7.99. The third kappa shape index (κ3) is 2.29. The van der Waals surface area contributed by atoms with Gasteiger partial charge in [-0.2, -0.15) is 11.8 Å². The lowest BCUT2D eigenvalue weighted by atomic mass is 10.2. The highest BCUT2D eigenvalue weighted by Crippen LogP contribution is 2.37. The van der Waals surface area contributed by atoms with Crippen LogP contribution in [-0.2, 0) is 0 Å². The molecule has 0 spiro atoms. The minimum Gasteiger partial charge on any atom is -0.371 e. The number of aromatic nitrogens is 2. The molecule has 5 heteroatoms. The van der Waals surface area contributed by atoms with Gasteiger partial charge >= 0.3 is 0 Å². The van der Waals surface area contributed by atoms with Gasteiger partial charge in [-0.3, -0.25) is 0 Å². The lowest BCUT2D eigenvalue weighted by Crippen LogP contribution is -2.11. The fourth-order valence-corrected chi connectivity index (χ4v) is 3.08. The van der Waals surface area contributed by atoms with E-state index in [2.05, 4.69) is 15.3 Å². The Labute approximate surface area is 99.3 Å². The van der Waals surface area contributed by atoms with Crippen LogP contribution in [-0.4, -0.2) is 22.8 Å². The van der Waals surface area contributed by atoms with Crippen LogP contribution in [0, 0.1) is 12.7 Å². The first kappa shape index (κ1) is 11.6. The summed E-state index contributed by atoms with van der Waals surface area (Å²) >= 11 is 1.87. The predicted octanol–water partition coefficient (Wildman–Crippen LogP) is 2.92. The number of halogens is 1. The Morgan fingerprint density at radius 1 is 1.38 bits per heavy atom. The zero-order chi connectivity index (χ0) is 11.5. The fraction of sp³-hybridized carbons (Fsp3) is 0.636. The number of hydrogen-bond acceptors (Lipinski definition) is 4. The van der Waals surface area contributed by atoms with Crippen LogP contribution in [0.3, 0.4) is 0 Å². The molecule has 1 aliphatic rings. The van der Waals surface area contributed by atoms with Crippen LogP contribution in [0.5, 0.6) is 0 Å². The third-order valence-corrected chi connectivity index (χ3v) is 4.11. The standard InChI is InChI=1S/C11H16FN3S/c1-7-9(12)11(13-2)15-10(14-7)8-5-3-4-6-16-8/h8H,3-6H2,1-2H3,(H,13,14,15). The van der Waals surface area contributed by atoms with Crippen LogP contribution in [0.1, 0.15) is 36.0 Å². The largest absolute Gasteiger partial charge is 0.371 e. The van der Waals surface area contributed by atoms with E-state index in [0.29, 0.717) is 16.8 Å². The van der Waals surface area contributed by atoms with Gasteiger partial charge in [0.15, 0.2) is 11.6 Å². The number of aryl methyl sites for hydroxylation is 1. The van der Waals surface area contributed by atoms with E-state index in [1.165, 1.54) is 12.8 Å². The molecule has 1 N–H and O–H groups in total. The van der Waals surface area contributed by atoms with Gasteiger partial charge in [0.1, 0.15) is 5.82 Å². The summed E-state index contributed by atoms with van der Waals surface area (Å²) in [6.07, 6.45) is 3.57. The highest BCUT2D eigenvalue weighted by Gasteiger charge is 2.21. The molecule has 16 heavy (non-hydrogen) atoms. The molecule has 0 radical (unpaired) electrons. The van der Waals surface area contributed by atoms with Gasteiger partial charge in [0.05, 0.1) is 10.9 Å². The van der Waals surface area contributed by atoms with Crippen molar-refractivity contribution in [2.75, 3.05) is 18.1 Å². The summed E-state index contributed by atoms with van der Waals surface area (Å²) in [4.78, 5) is 8.52. The van der Waals surface area contributed by atoms with E-state index in [0.717, 1.165) is 18.0 Å². The van der Waals surface area contributed by atoms with E-state index >= 15 is 0 Å². The van der Waals surface area contributed by atoms with E-state index in [9.17, 15) is 4.39 Å². The number of rotatable bonds is 2. The van der Waals surface area contributed by atoms with Crippen molar-refractivity contribution in [3.8, 4) is 0 Å². The maximum Gasteiger partial charge on any atom is 0.186 e. The predicted molar refractivity (Wildman–Crippen MR) is 65.3 cm³/mol. The Bertz CT molecular complexity index is 378. The molecular formula is C11H16FN3S. The smallest absolute Gasteiger partial charge is 0.186 e. The van der Waals surface area contributed by atoms with Crippen molar-refractivity contribution in [3.63, 3.8) is 0 Å². The van der Waals surface area contributed by atoms with Crippen molar-refractivity contribution in [2.24, 2.45) is 0 Å². The summed E-state index contributed by atoms with van der Waals surface area (Å²) in [6.45, 7) is 1.69. The number of anilines is 1. The van der Waals surface area contributed by atoms with Gasteiger partial charge in [-0.25, -0.2) is 14.4 Å². The van der Waals surface area contributed by atoms with Crippen molar-refractivity contribution >= 4 is 17.6 Å². The molecule has 2 heterocycles. The SMILES string of the molecule is CNc1nc(C2CCCCS2)nc(C)c1F. The molecule has 1 unspecified atom stereocenters. The van der Waals surface area contributed by atoms with Gasteiger partial charge in [0.25, 0.3) is 0 Å². The minimum atomic E-state index is -0.341. The van der Waals surface area contributed by atoms with Gasteiger partial charge in [0.2, 0.25) is 0 Å². The van der Waals surface area contributed by atoms with Gasteiger partial charge in [-0.15, -0.1) is 0 Å². The van der Waals surface area contributed by atoms with Crippen LogP contribution in [0.2, 0.25) is 0 Å². The van der Waals surface area contributed by atoms with Gasteiger partial charge < -0.3 is 5.32 Å². The van der Waals surface area contributed by atoms with Gasteiger partial charge in [-0.05, 0) is 25.5 Å². The van der Waals surface area contributed by atoms with Gasteiger partial charge in [0, 0.05) is 7.05 Å². The summed E-state index contributed by atoms with van der Waals surface area (Å²) < 4.78 is 13.6. The van der Waals surface area contributed by atoms with Crippen molar-refractivity contribution in [3.05, 3.63) is 17.3 Å². The molecule has 0 aromatic carbocycles. The van der Waals surface area contributed by atoms with E-state index in [4.69, 9.17) is 0 Å². The first-order valence-corrected chi connectivity index (χ1v) is 6.60. The molecule has 0 aliphatic carbocycles. The first-order chi connectivity index (χ1) is 7.72. The third-order valence-electron chi connectivity index (χ3n) is 2.74. The first-order valence-electron chi connectivity index (χ1n) is 5.55. The summed E-state index contributed by atoms with van der Waals surface area (Å²) in [7, 11) is 1.68. The summed E-state index contributed by atoms with van der Waals surface area (Å²) in [5.41, 5.74) is 0.431. The Balaban J connectivity index is 2.29. The Morgan fingerprint density at radius 3 is 2.81 bits per heavy atom. The second-order valence-corrected chi connectivity index (χ2v) is 5.25. The van der Waals surface area contributed by atoms with E-state index < -0.39 is 0 Å². The second kappa shape index (κ2) is 4.99. The molecule has 3 nitrogen and oxygen atoms in total. The quantitative estimate of drug-likeness (QED) is 0.864. The lowest BCUT2D eigenvalue weighted by molar-refractivity contribution is 0.592. The maximum absolute atomic E-state index is 13.6. The molecule has 1 saturated heterocycles. The number of nitrogens with zero attached hydrogens (tertiary/aromatic N) is 2. The van der Waals surface area contributed by atoms with E-state index in [1.807, 2.05) is 11.8 Å². The van der Waals surface area contributed by atoms with Crippen LogP contribution < -0.4 is 5.32 Å². The van der Waals surface area contributed by atoms with Crippen LogP contribution in [0.15, 0.2) is 0 Å². The van der Waals surface area contributed by atoms with E-state index in [-0.39, 0.29) is 5.82 Å². The highest BCUT2D eigenvalue weighted by atomic mass is 32.2. The van der Waals surface area contributed by atoms with Crippen molar-refractivity contribution in [2.45, 2.75) is 31.4 Å². The van der Waals surface area contributed by atoms with E-state index in [1.54, 1.807) is 14.0 Å². The average molecular weight is 241 g/mol. The summed E-state index contributed by atoms with van der Waals surface area (Å²) in [5, 5.41) is 3.11. The lowest BCUT2D eigenvalue weighted by Gasteiger charge is -2.20. The average Bonchev–Trinajstić information content (AvgIpc) is 2.33. The molecule has 0 amide bonds. The second-order valence-electron chi connectivity index (χ2n) is 3.94. The number of hydrogen-bond donors (Lipinski definition) is 1. The molecule has 1 aliphatic heterocycles. The van der Waals surface area contributed by atoms with Crippen molar-refractivity contribution in [1.82, 2.24) is 9.97 Å². The number of nitrogens with one attached hydrogen (secondary N) is 1. The van der Waals surface area contributed by atoms with Crippen molar-refractivity contribution < 1.29 is 4.39 Å². The molecular weight excluding hydrogens is 225 g/mol. The molecule has 0 bridgehead atoms. The van der Waals surface area contributed by atoms with Crippen LogP contribution in [0.4, 0.5) is 10.2 Å². The topological polar surface area (TPSA) is 37.8 Å². The maximum atomic E-state index is 13.6. The summed E-state index contributed by atoms with van der Waals surface area (Å²) in [5.74, 6) is 1.90. The number of thioether (sulfide) groups is 1. The normalized spacial score (nSPS) is 20.8. The van der Waals surface area contributed by atoms with Gasteiger partial charge in [-0.1, -0.05) is 6.42 Å². The van der Waals surface area contributed by atoms with Crippen LogP contribution in [0.25, 0.3) is 0 Å².